The molecule has 0 saturated heterocycles. The highest BCUT2D eigenvalue weighted by atomic mass is 32.2. The first-order chi connectivity index (χ1) is 6.88. The number of rotatable bonds is 2. The van der Waals surface area contributed by atoms with Crippen LogP contribution >= 0.6 is 11.8 Å². The SMILES string of the molecule is NCc1nc2c(c(C3CC3)n1)CCS2. The van der Waals surface area contributed by atoms with E-state index in [1.54, 1.807) is 0 Å². The number of nitrogens with zero attached hydrogens (tertiary/aromatic N) is 2. The fourth-order valence-electron chi connectivity index (χ4n) is 1.92. The van der Waals surface area contributed by atoms with E-state index in [1.807, 2.05) is 11.8 Å². The van der Waals surface area contributed by atoms with Crippen molar-refractivity contribution in [1.82, 2.24) is 9.97 Å². The highest BCUT2D eigenvalue weighted by Gasteiger charge is 2.31. The molecule has 1 aliphatic carbocycles. The quantitative estimate of drug-likeness (QED) is 0.746. The first-order valence-electron chi connectivity index (χ1n) is 5.11. The molecule has 1 aliphatic heterocycles. The molecule has 2 N–H and O–H groups in total. The van der Waals surface area contributed by atoms with Gasteiger partial charge in [-0.05, 0) is 19.3 Å². The van der Waals surface area contributed by atoms with Crippen molar-refractivity contribution in [2.75, 3.05) is 5.75 Å². The third kappa shape index (κ3) is 1.33. The largest absolute Gasteiger partial charge is 0.324 e. The van der Waals surface area contributed by atoms with Crippen molar-refractivity contribution in [2.45, 2.75) is 36.8 Å². The van der Waals surface area contributed by atoms with Gasteiger partial charge in [0.25, 0.3) is 0 Å². The highest BCUT2D eigenvalue weighted by molar-refractivity contribution is 7.99. The van der Waals surface area contributed by atoms with Crippen LogP contribution in [0.2, 0.25) is 0 Å². The van der Waals surface area contributed by atoms with Crippen LogP contribution in [-0.4, -0.2) is 15.7 Å². The average molecular weight is 207 g/mol. The molecule has 0 radical (unpaired) electrons. The first kappa shape index (κ1) is 8.68. The molecule has 1 saturated carbocycles. The maximum absolute atomic E-state index is 5.60. The zero-order chi connectivity index (χ0) is 9.54. The normalized spacial score (nSPS) is 19.8. The van der Waals surface area contributed by atoms with Crippen LogP contribution in [-0.2, 0) is 13.0 Å². The zero-order valence-corrected chi connectivity index (χ0v) is 8.81. The van der Waals surface area contributed by atoms with Gasteiger partial charge in [0.2, 0.25) is 0 Å². The van der Waals surface area contributed by atoms with Crippen molar-refractivity contribution in [3.63, 3.8) is 0 Å². The third-order valence-electron chi connectivity index (χ3n) is 2.78. The maximum atomic E-state index is 5.60. The van der Waals surface area contributed by atoms with Crippen LogP contribution in [0.4, 0.5) is 0 Å². The summed E-state index contributed by atoms with van der Waals surface area (Å²) in [6.07, 6.45) is 3.76. The van der Waals surface area contributed by atoms with E-state index in [4.69, 9.17) is 5.73 Å². The van der Waals surface area contributed by atoms with Crippen molar-refractivity contribution in [3.05, 3.63) is 17.1 Å². The van der Waals surface area contributed by atoms with Crippen LogP contribution in [0.25, 0.3) is 0 Å². The van der Waals surface area contributed by atoms with E-state index in [0.717, 1.165) is 23.9 Å². The molecule has 4 heteroatoms. The predicted octanol–water partition coefficient (Wildman–Crippen LogP) is 1.46. The third-order valence-corrected chi connectivity index (χ3v) is 3.80. The Labute approximate surface area is 87.5 Å². The first-order valence-corrected chi connectivity index (χ1v) is 6.09. The second-order valence-electron chi connectivity index (χ2n) is 3.89. The highest BCUT2D eigenvalue weighted by Crippen LogP contribution is 2.44. The number of nitrogens with two attached hydrogens (primary N) is 1. The number of thioether (sulfide) groups is 1. The summed E-state index contributed by atoms with van der Waals surface area (Å²) in [5.41, 5.74) is 8.32. The Kier molecular flexibility index (Phi) is 1.99. The summed E-state index contributed by atoms with van der Waals surface area (Å²) in [4.78, 5) is 9.04. The van der Waals surface area contributed by atoms with Gasteiger partial charge in [0, 0.05) is 17.2 Å². The summed E-state index contributed by atoms with van der Waals surface area (Å²) in [5, 5.41) is 1.20. The van der Waals surface area contributed by atoms with Gasteiger partial charge < -0.3 is 5.73 Å². The molecule has 0 aromatic carbocycles. The molecule has 0 atom stereocenters. The summed E-state index contributed by atoms with van der Waals surface area (Å²) < 4.78 is 0. The molecule has 74 valence electrons. The molecule has 2 aliphatic rings. The second kappa shape index (κ2) is 3.21. The molecule has 2 heterocycles. The number of hydrogen-bond acceptors (Lipinski definition) is 4. The van der Waals surface area contributed by atoms with Gasteiger partial charge in [-0.25, -0.2) is 9.97 Å². The number of fused-ring (bicyclic) bond motifs is 1. The van der Waals surface area contributed by atoms with Crippen LogP contribution < -0.4 is 5.73 Å². The van der Waals surface area contributed by atoms with Gasteiger partial charge in [0.15, 0.2) is 0 Å². The molecule has 1 fully saturated rings. The van der Waals surface area contributed by atoms with Gasteiger partial charge in [0.05, 0.1) is 12.2 Å². The van der Waals surface area contributed by atoms with Gasteiger partial charge >= 0.3 is 0 Å². The zero-order valence-electron chi connectivity index (χ0n) is 7.99. The van der Waals surface area contributed by atoms with Crippen LogP contribution in [0.1, 0.15) is 35.8 Å². The number of hydrogen-bond donors (Lipinski definition) is 1. The average Bonchev–Trinajstić information content (AvgIpc) is 2.95. The Morgan fingerprint density at radius 3 is 2.93 bits per heavy atom. The lowest BCUT2D eigenvalue weighted by atomic mass is 10.1. The molecule has 0 bridgehead atoms. The lowest BCUT2D eigenvalue weighted by molar-refractivity contribution is 0.800. The molecule has 0 spiro atoms. The van der Waals surface area contributed by atoms with Crippen LogP contribution in [0, 0.1) is 0 Å². The van der Waals surface area contributed by atoms with Gasteiger partial charge in [-0.3, -0.25) is 0 Å². The molecular weight excluding hydrogens is 194 g/mol. The van der Waals surface area contributed by atoms with E-state index < -0.39 is 0 Å². The summed E-state index contributed by atoms with van der Waals surface area (Å²) in [7, 11) is 0. The summed E-state index contributed by atoms with van der Waals surface area (Å²) in [5.74, 6) is 2.70. The van der Waals surface area contributed by atoms with Crippen LogP contribution in [0.3, 0.4) is 0 Å². The number of aromatic nitrogens is 2. The lowest BCUT2D eigenvalue weighted by Gasteiger charge is -2.07. The van der Waals surface area contributed by atoms with Crippen molar-refractivity contribution in [3.8, 4) is 0 Å². The van der Waals surface area contributed by atoms with E-state index in [2.05, 4.69) is 9.97 Å². The van der Waals surface area contributed by atoms with Gasteiger partial charge in [-0.15, -0.1) is 11.8 Å². The predicted molar refractivity (Wildman–Crippen MR) is 56.3 cm³/mol. The lowest BCUT2D eigenvalue weighted by Crippen LogP contribution is -2.08. The standard InChI is InChI=1S/C10H13N3S/c11-5-8-12-9(6-1-2-6)7-3-4-14-10(7)13-8/h6H,1-5,11H2. The second-order valence-corrected chi connectivity index (χ2v) is 4.97. The minimum absolute atomic E-state index is 0.466. The molecule has 3 nitrogen and oxygen atoms in total. The Bertz CT molecular complexity index is 374. The fourth-order valence-corrected chi connectivity index (χ4v) is 2.97. The van der Waals surface area contributed by atoms with Gasteiger partial charge in [-0.2, -0.15) is 0 Å². The minimum atomic E-state index is 0.466. The van der Waals surface area contributed by atoms with Gasteiger partial charge in [0.1, 0.15) is 10.9 Å². The van der Waals surface area contributed by atoms with Crippen molar-refractivity contribution >= 4 is 11.8 Å². The summed E-state index contributed by atoms with van der Waals surface area (Å²) >= 11 is 1.85. The molecule has 0 unspecified atom stereocenters. The van der Waals surface area contributed by atoms with E-state index in [9.17, 15) is 0 Å². The van der Waals surface area contributed by atoms with Crippen molar-refractivity contribution in [1.29, 1.82) is 0 Å². The van der Waals surface area contributed by atoms with E-state index in [1.165, 1.54) is 29.1 Å². The van der Waals surface area contributed by atoms with E-state index in [-0.39, 0.29) is 0 Å². The molecular formula is C10H13N3S. The maximum Gasteiger partial charge on any atom is 0.143 e. The Hall–Kier alpha value is -0.610. The van der Waals surface area contributed by atoms with E-state index in [0.29, 0.717) is 6.54 Å². The molecule has 3 rings (SSSR count). The van der Waals surface area contributed by atoms with E-state index >= 15 is 0 Å². The van der Waals surface area contributed by atoms with Crippen LogP contribution in [0.15, 0.2) is 5.03 Å². The molecule has 1 aromatic heterocycles. The smallest absolute Gasteiger partial charge is 0.143 e. The topological polar surface area (TPSA) is 51.8 Å². The molecule has 0 amide bonds. The Morgan fingerprint density at radius 1 is 1.36 bits per heavy atom. The molecule has 1 aromatic rings. The fraction of sp³-hybridized carbons (Fsp3) is 0.600. The monoisotopic (exact) mass is 207 g/mol. The minimum Gasteiger partial charge on any atom is -0.324 e. The Morgan fingerprint density at radius 2 is 2.21 bits per heavy atom. The van der Waals surface area contributed by atoms with Crippen LogP contribution in [0.5, 0.6) is 0 Å². The van der Waals surface area contributed by atoms with Crippen molar-refractivity contribution in [2.24, 2.45) is 5.73 Å². The summed E-state index contributed by atoms with van der Waals surface area (Å²) in [6.45, 7) is 0.466. The van der Waals surface area contributed by atoms with Gasteiger partial charge in [-0.1, -0.05) is 0 Å². The molecule has 14 heavy (non-hydrogen) atoms. The Balaban J connectivity index is 2.11. The summed E-state index contributed by atoms with van der Waals surface area (Å²) in [6, 6.07) is 0. The van der Waals surface area contributed by atoms with Crippen molar-refractivity contribution < 1.29 is 0 Å².